The molecule has 1 aliphatic rings. The van der Waals surface area contributed by atoms with Crippen LogP contribution in [0.5, 0.6) is 0 Å². The molecule has 0 spiro atoms. The van der Waals surface area contributed by atoms with Gasteiger partial charge in [-0.3, -0.25) is 0 Å². The Bertz CT molecular complexity index is 375. The van der Waals surface area contributed by atoms with Gasteiger partial charge in [-0.15, -0.1) is 0 Å². The van der Waals surface area contributed by atoms with Gasteiger partial charge in [0.05, 0.1) is 6.61 Å². The summed E-state index contributed by atoms with van der Waals surface area (Å²) < 4.78 is 10.8. The Morgan fingerprint density at radius 1 is 1.32 bits per heavy atom. The Hall–Kier alpha value is -0.900. The minimum absolute atomic E-state index is 0.0396. The predicted molar refractivity (Wildman–Crippen MR) is 77.4 cm³/mol. The fourth-order valence-electron chi connectivity index (χ4n) is 2.88. The van der Waals surface area contributed by atoms with Crippen LogP contribution < -0.4 is 5.32 Å². The Morgan fingerprint density at radius 2 is 2.16 bits per heavy atom. The standard InChI is InChI=1S/C16H25NO2/c1-18-12-16(19-2)15-8-4-3-7-14(15)10-13-6-5-9-17-11-13/h3-4,7-8,13,16-17H,5-6,9-12H2,1-2H3. The van der Waals surface area contributed by atoms with Crippen LogP contribution in [0, 0.1) is 5.92 Å². The third kappa shape index (κ3) is 4.03. The molecule has 1 aliphatic heterocycles. The molecule has 106 valence electrons. The first-order chi connectivity index (χ1) is 9.35. The van der Waals surface area contributed by atoms with Gasteiger partial charge in [-0.1, -0.05) is 24.3 Å². The summed E-state index contributed by atoms with van der Waals surface area (Å²) in [5.41, 5.74) is 2.68. The zero-order chi connectivity index (χ0) is 13.5. The Labute approximate surface area is 116 Å². The molecular weight excluding hydrogens is 238 g/mol. The second kappa shape index (κ2) is 7.63. The molecule has 3 heteroatoms. The van der Waals surface area contributed by atoms with Gasteiger partial charge in [-0.25, -0.2) is 0 Å². The van der Waals surface area contributed by atoms with Crippen molar-refractivity contribution in [3.8, 4) is 0 Å². The molecule has 0 aliphatic carbocycles. The van der Waals surface area contributed by atoms with Gasteiger partial charge in [-0.05, 0) is 49.4 Å². The number of piperidine rings is 1. The largest absolute Gasteiger partial charge is 0.382 e. The fourth-order valence-corrected chi connectivity index (χ4v) is 2.88. The molecule has 3 nitrogen and oxygen atoms in total. The minimum atomic E-state index is 0.0396. The molecule has 1 saturated heterocycles. The lowest BCUT2D eigenvalue weighted by atomic mass is 9.89. The Balaban J connectivity index is 2.10. The van der Waals surface area contributed by atoms with Crippen molar-refractivity contribution >= 4 is 0 Å². The van der Waals surface area contributed by atoms with Crippen molar-refractivity contribution in [1.82, 2.24) is 5.32 Å². The monoisotopic (exact) mass is 263 g/mol. The number of hydrogen-bond donors (Lipinski definition) is 1. The van der Waals surface area contributed by atoms with Crippen molar-refractivity contribution in [3.63, 3.8) is 0 Å². The highest BCUT2D eigenvalue weighted by Crippen LogP contribution is 2.25. The molecule has 0 saturated carbocycles. The lowest BCUT2D eigenvalue weighted by Gasteiger charge is -2.25. The summed E-state index contributed by atoms with van der Waals surface area (Å²) in [5.74, 6) is 0.745. The molecule has 1 aromatic rings. The zero-order valence-corrected chi connectivity index (χ0v) is 12.0. The van der Waals surface area contributed by atoms with E-state index in [2.05, 4.69) is 29.6 Å². The van der Waals surface area contributed by atoms with Crippen molar-refractivity contribution in [2.45, 2.75) is 25.4 Å². The summed E-state index contributed by atoms with van der Waals surface area (Å²) >= 11 is 0. The summed E-state index contributed by atoms with van der Waals surface area (Å²) in [4.78, 5) is 0. The number of methoxy groups -OCH3 is 2. The average molecular weight is 263 g/mol. The van der Waals surface area contributed by atoms with Crippen LogP contribution in [0.4, 0.5) is 0 Å². The number of benzene rings is 1. The molecular formula is C16H25NO2. The maximum atomic E-state index is 5.57. The summed E-state index contributed by atoms with van der Waals surface area (Å²) in [6.45, 7) is 2.91. The molecule has 0 amide bonds. The zero-order valence-electron chi connectivity index (χ0n) is 12.0. The lowest BCUT2D eigenvalue weighted by Crippen LogP contribution is -2.31. The number of ether oxygens (including phenoxy) is 2. The molecule has 1 N–H and O–H groups in total. The van der Waals surface area contributed by atoms with Crippen molar-refractivity contribution in [2.24, 2.45) is 5.92 Å². The molecule has 0 radical (unpaired) electrons. The summed E-state index contributed by atoms with van der Waals surface area (Å²) in [7, 11) is 3.47. The lowest BCUT2D eigenvalue weighted by molar-refractivity contribution is 0.0268. The first-order valence-corrected chi connectivity index (χ1v) is 7.15. The van der Waals surface area contributed by atoms with Crippen LogP contribution in [0.25, 0.3) is 0 Å². The van der Waals surface area contributed by atoms with Crippen LogP contribution >= 0.6 is 0 Å². The number of nitrogens with one attached hydrogen (secondary N) is 1. The van der Waals surface area contributed by atoms with E-state index in [-0.39, 0.29) is 6.10 Å². The molecule has 2 atom stereocenters. The Morgan fingerprint density at radius 3 is 2.84 bits per heavy atom. The van der Waals surface area contributed by atoms with Crippen LogP contribution in [0.3, 0.4) is 0 Å². The SMILES string of the molecule is COCC(OC)c1ccccc1CC1CCCNC1. The van der Waals surface area contributed by atoms with Crippen LogP contribution in [-0.4, -0.2) is 33.9 Å². The maximum Gasteiger partial charge on any atom is 0.106 e. The maximum absolute atomic E-state index is 5.57. The van der Waals surface area contributed by atoms with E-state index in [1.54, 1.807) is 14.2 Å². The van der Waals surface area contributed by atoms with Gasteiger partial charge >= 0.3 is 0 Å². The van der Waals surface area contributed by atoms with Crippen molar-refractivity contribution in [1.29, 1.82) is 0 Å². The van der Waals surface area contributed by atoms with Crippen LogP contribution in [0.1, 0.15) is 30.1 Å². The molecule has 2 unspecified atom stereocenters. The molecule has 19 heavy (non-hydrogen) atoms. The molecule has 1 aromatic carbocycles. The fraction of sp³-hybridized carbons (Fsp3) is 0.625. The van der Waals surface area contributed by atoms with Crippen molar-refractivity contribution in [2.75, 3.05) is 33.9 Å². The second-order valence-corrected chi connectivity index (χ2v) is 5.30. The van der Waals surface area contributed by atoms with Gasteiger partial charge in [0.25, 0.3) is 0 Å². The smallest absolute Gasteiger partial charge is 0.106 e. The van der Waals surface area contributed by atoms with E-state index < -0.39 is 0 Å². The highest BCUT2D eigenvalue weighted by atomic mass is 16.5. The van der Waals surface area contributed by atoms with Gasteiger partial charge in [0.2, 0.25) is 0 Å². The van der Waals surface area contributed by atoms with Gasteiger partial charge in [0.1, 0.15) is 6.10 Å². The topological polar surface area (TPSA) is 30.5 Å². The average Bonchev–Trinajstić information content (AvgIpc) is 2.47. The number of hydrogen-bond acceptors (Lipinski definition) is 3. The third-order valence-electron chi connectivity index (χ3n) is 3.91. The summed E-state index contributed by atoms with van der Waals surface area (Å²) in [6.07, 6.45) is 3.78. The quantitative estimate of drug-likeness (QED) is 0.855. The first kappa shape index (κ1) is 14.5. The van der Waals surface area contributed by atoms with E-state index in [4.69, 9.17) is 9.47 Å². The van der Waals surface area contributed by atoms with Crippen molar-refractivity contribution < 1.29 is 9.47 Å². The normalized spacial score (nSPS) is 21.3. The molecule has 2 rings (SSSR count). The molecule has 0 aromatic heterocycles. The van der Waals surface area contributed by atoms with Gasteiger partial charge in [0.15, 0.2) is 0 Å². The second-order valence-electron chi connectivity index (χ2n) is 5.30. The van der Waals surface area contributed by atoms with E-state index >= 15 is 0 Å². The van der Waals surface area contributed by atoms with Crippen LogP contribution in [0.15, 0.2) is 24.3 Å². The summed E-state index contributed by atoms with van der Waals surface area (Å²) in [6, 6.07) is 8.60. The van der Waals surface area contributed by atoms with E-state index in [1.807, 2.05) is 0 Å². The van der Waals surface area contributed by atoms with Gasteiger partial charge in [0, 0.05) is 14.2 Å². The Kier molecular flexibility index (Phi) is 5.83. The number of rotatable bonds is 6. The van der Waals surface area contributed by atoms with E-state index in [1.165, 1.54) is 30.5 Å². The first-order valence-electron chi connectivity index (χ1n) is 7.15. The van der Waals surface area contributed by atoms with Gasteiger partial charge < -0.3 is 14.8 Å². The van der Waals surface area contributed by atoms with Crippen LogP contribution in [-0.2, 0) is 15.9 Å². The molecule has 1 heterocycles. The van der Waals surface area contributed by atoms with E-state index in [0.717, 1.165) is 18.9 Å². The highest BCUT2D eigenvalue weighted by Gasteiger charge is 2.18. The van der Waals surface area contributed by atoms with E-state index in [0.29, 0.717) is 6.61 Å². The summed E-state index contributed by atoms with van der Waals surface area (Å²) in [5, 5.41) is 3.49. The van der Waals surface area contributed by atoms with Crippen LogP contribution in [0.2, 0.25) is 0 Å². The molecule has 1 fully saturated rings. The van der Waals surface area contributed by atoms with Crippen molar-refractivity contribution in [3.05, 3.63) is 35.4 Å². The van der Waals surface area contributed by atoms with Gasteiger partial charge in [-0.2, -0.15) is 0 Å². The minimum Gasteiger partial charge on any atom is -0.382 e. The third-order valence-corrected chi connectivity index (χ3v) is 3.91. The highest BCUT2D eigenvalue weighted by molar-refractivity contribution is 5.30. The predicted octanol–water partition coefficient (Wildman–Crippen LogP) is 2.56. The molecule has 0 bridgehead atoms. The van der Waals surface area contributed by atoms with E-state index in [9.17, 15) is 0 Å².